The summed E-state index contributed by atoms with van der Waals surface area (Å²) in [6, 6.07) is 2.88. The Hall–Kier alpha value is -1.29. The first kappa shape index (κ1) is 23.4. The van der Waals surface area contributed by atoms with Crippen LogP contribution < -0.4 is 11.1 Å². The van der Waals surface area contributed by atoms with E-state index in [1.165, 1.54) is 56.9 Å². The molecule has 1 aromatic rings. The molecule has 3 rings (SSSR count). The lowest BCUT2D eigenvalue weighted by molar-refractivity contribution is -0.143. The van der Waals surface area contributed by atoms with Crippen LogP contribution in [0.2, 0.25) is 0 Å². The summed E-state index contributed by atoms with van der Waals surface area (Å²) in [7, 11) is 2.07. The van der Waals surface area contributed by atoms with E-state index in [1.54, 1.807) is 0 Å². The van der Waals surface area contributed by atoms with Crippen LogP contribution in [0.4, 0.5) is 13.2 Å². The molecule has 2 fully saturated rings. The molecule has 9 heteroatoms. The number of alkyl halides is 3. The highest BCUT2D eigenvalue weighted by Crippen LogP contribution is 2.44. The van der Waals surface area contributed by atoms with Gasteiger partial charge in [-0.1, -0.05) is 37.9 Å². The molecule has 1 saturated carbocycles. The average Bonchev–Trinajstić information content (AvgIpc) is 3.34. The van der Waals surface area contributed by atoms with Gasteiger partial charge >= 0.3 is 6.18 Å². The summed E-state index contributed by atoms with van der Waals surface area (Å²) < 4.78 is 45.1. The fourth-order valence-electron chi connectivity index (χ4n) is 4.14. The molecule has 2 unspecified atom stereocenters. The Morgan fingerprint density at radius 2 is 2.17 bits per heavy atom. The van der Waals surface area contributed by atoms with Gasteiger partial charge in [-0.15, -0.1) is 0 Å². The Kier molecular flexibility index (Phi) is 7.71. The molecule has 1 aliphatic carbocycles. The molecule has 2 atom stereocenters. The molecule has 2 heterocycles. The third-order valence-corrected chi connectivity index (χ3v) is 7.36. The van der Waals surface area contributed by atoms with Gasteiger partial charge in [0.05, 0.1) is 0 Å². The van der Waals surface area contributed by atoms with Gasteiger partial charge in [-0.3, -0.25) is 15.2 Å². The third kappa shape index (κ3) is 5.90. The van der Waals surface area contributed by atoms with Crippen LogP contribution in [0.5, 0.6) is 0 Å². The topological polar surface area (TPSA) is 66.7 Å². The van der Waals surface area contributed by atoms with Crippen molar-refractivity contribution in [2.45, 2.75) is 68.9 Å². The third-order valence-electron chi connectivity index (χ3n) is 6.20. The molecule has 1 saturated heterocycles. The van der Waals surface area contributed by atoms with Crippen LogP contribution in [-0.2, 0) is 10.9 Å². The maximum atomic E-state index is 13.2. The molecule has 0 amide bonds. The minimum absolute atomic E-state index is 0.0227. The van der Waals surface area contributed by atoms with Crippen molar-refractivity contribution in [1.82, 2.24) is 15.2 Å². The number of pyridine rings is 1. The van der Waals surface area contributed by atoms with Crippen LogP contribution in [0.25, 0.3) is 0 Å². The van der Waals surface area contributed by atoms with E-state index in [0.29, 0.717) is 17.0 Å². The second-order valence-electron chi connectivity index (χ2n) is 8.25. The number of hydrogen-bond donors (Lipinski definition) is 2. The number of hydrogen-bond acceptors (Lipinski definition) is 6. The number of epoxide rings is 1. The van der Waals surface area contributed by atoms with Gasteiger partial charge in [-0.2, -0.15) is 13.2 Å². The van der Waals surface area contributed by atoms with E-state index in [1.807, 2.05) is 0 Å². The zero-order chi connectivity index (χ0) is 21.8. The van der Waals surface area contributed by atoms with E-state index in [0.717, 1.165) is 24.5 Å². The number of ether oxygens (including phenoxy) is 1. The first-order valence-corrected chi connectivity index (χ1v) is 11.3. The SMILES string of the molecule is CCC1(CCN(C)CNC2OC2/C(=C\N)Sc2cccnc2C(F)(F)F)CCCC1. The maximum Gasteiger partial charge on any atom is 0.434 e. The van der Waals surface area contributed by atoms with Gasteiger partial charge in [0, 0.05) is 28.9 Å². The van der Waals surface area contributed by atoms with Gasteiger partial charge in [-0.05, 0) is 50.4 Å². The Bertz CT molecular complexity index is 737. The van der Waals surface area contributed by atoms with E-state index >= 15 is 0 Å². The first-order chi connectivity index (χ1) is 14.3. The van der Waals surface area contributed by atoms with Crippen molar-refractivity contribution in [2.24, 2.45) is 11.1 Å². The first-order valence-electron chi connectivity index (χ1n) is 10.5. The molecule has 168 valence electrons. The molecule has 30 heavy (non-hydrogen) atoms. The lowest BCUT2D eigenvalue weighted by Gasteiger charge is -2.30. The van der Waals surface area contributed by atoms with Gasteiger partial charge in [0.1, 0.15) is 12.3 Å². The van der Waals surface area contributed by atoms with Crippen LogP contribution >= 0.6 is 11.8 Å². The van der Waals surface area contributed by atoms with Crippen LogP contribution in [0.1, 0.15) is 51.1 Å². The molecule has 0 radical (unpaired) electrons. The number of halogens is 3. The summed E-state index contributed by atoms with van der Waals surface area (Å²) in [5.74, 6) is 0. The van der Waals surface area contributed by atoms with E-state index in [9.17, 15) is 13.2 Å². The zero-order valence-electron chi connectivity index (χ0n) is 17.5. The average molecular weight is 445 g/mol. The molecule has 1 aromatic heterocycles. The Labute approximate surface area is 180 Å². The smallest absolute Gasteiger partial charge is 0.404 e. The number of nitrogens with two attached hydrogens (primary N) is 1. The number of nitrogens with one attached hydrogen (secondary N) is 1. The van der Waals surface area contributed by atoms with Gasteiger partial charge in [0.15, 0.2) is 5.69 Å². The van der Waals surface area contributed by atoms with Crippen LogP contribution in [-0.4, -0.2) is 42.5 Å². The summed E-state index contributed by atoms with van der Waals surface area (Å²) in [4.78, 5) is 6.29. The Morgan fingerprint density at radius 1 is 1.43 bits per heavy atom. The highest BCUT2D eigenvalue weighted by molar-refractivity contribution is 8.03. The van der Waals surface area contributed by atoms with E-state index in [2.05, 4.69) is 29.2 Å². The summed E-state index contributed by atoms with van der Waals surface area (Å²) in [5.41, 5.74) is 5.28. The predicted octanol–water partition coefficient (Wildman–Crippen LogP) is 4.56. The normalized spacial score (nSPS) is 23.9. The standard InChI is InChI=1S/C21H31F3N4OS/c1-3-20(8-4-5-9-20)10-12-28(2)14-27-19-17(29-19)16(13-25)30-15-7-6-11-26-18(15)21(22,23)24/h6-7,11,13,17,19,27H,3-5,8-10,12,14,25H2,1-2H3/b16-13+. The molecular weight excluding hydrogens is 413 g/mol. The predicted molar refractivity (Wildman–Crippen MR) is 112 cm³/mol. The second kappa shape index (κ2) is 9.89. The van der Waals surface area contributed by atoms with Crippen molar-refractivity contribution in [3.8, 4) is 0 Å². The van der Waals surface area contributed by atoms with Gasteiger partial charge in [0.2, 0.25) is 0 Å². The van der Waals surface area contributed by atoms with E-state index in [4.69, 9.17) is 10.5 Å². The molecular formula is C21H31F3N4OS. The highest BCUT2D eigenvalue weighted by atomic mass is 32.2. The maximum absolute atomic E-state index is 13.2. The number of rotatable bonds is 10. The number of nitrogens with zero attached hydrogens (tertiary/aromatic N) is 2. The van der Waals surface area contributed by atoms with Crippen molar-refractivity contribution in [3.63, 3.8) is 0 Å². The Balaban J connectivity index is 1.46. The number of thioether (sulfide) groups is 1. The molecule has 0 aromatic carbocycles. The highest BCUT2D eigenvalue weighted by Gasteiger charge is 2.43. The van der Waals surface area contributed by atoms with Gasteiger partial charge < -0.3 is 10.5 Å². The molecule has 0 bridgehead atoms. The fraction of sp³-hybridized carbons (Fsp3) is 0.667. The van der Waals surface area contributed by atoms with Crippen molar-refractivity contribution in [1.29, 1.82) is 0 Å². The number of aromatic nitrogens is 1. The van der Waals surface area contributed by atoms with Crippen molar-refractivity contribution in [3.05, 3.63) is 35.1 Å². The lowest BCUT2D eigenvalue weighted by Crippen LogP contribution is -2.36. The largest absolute Gasteiger partial charge is 0.434 e. The zero-order valence-corrected chi connectivity index (χ0v) is 18.4. The molecule has 2 aliphatic rings. The van der Waals surface area contributed by atoms with Crippen molar-refractivity contribution < 1.29 is 17.9 Å². The summed E-state index contributed by atoms with van der Waals surface area (Å²) >= 11 is 0.955. The minimum atomic E-state index is -4.51. The molecule has 0 spiro atoms. The lowest BCUT2D eigenvalue weighted by atomic mass is 9.80. The monoisotopic (exact) mass is 444 g/mol. The minimum Gasteiger partial charge on any atom is -0.404 e. The van der Waals surface area contributed by atoms with Crippen LogP contribution in [0, 0.1) is 5.41 Å². The molecule has 5 nitrogen and oxygen atoms in total. The Morgan fingerprint density at radius 3 is 2.80 bits per heavy atom. The van der Waals surface area contributed by atoms with E-state index < -0.39 is 11.9 Å². The van der Waals surface area contributed by atoms with Crippen molar-refractivity contribution >= 4 is 11.8 Å². The van der Waals surface area contributed by atoms with Crippen LogP contribution in [0.3, 0.4) is 0 Å². The van der Waals surface area contributed by atoms with Gasteiger partial charge in [-0.25, -0.2) is 0 Å². The molecule has 3 N–H and O–H groups in total. The summed E-state index contributed by atoms with van der Waals surface area (Å²) in [5, 5.41) is 3.31. The quantitative estimate of drug-likeness (QED) is 0.313. The van der Waals surface area contributed by atoms with Crippen LogP contribution in [0.15, 0.2) is 34.3 Å². The summed E-state index contributed by atoms with van der Waals surface area (Å²) in [6.45, 7) is 3.96. The van der Waals surface area contributed by atoms with Gasteiger partial charge in [0.25, 0.3) is 0 Å². The molecule has 1 aliphatic heterocycles. The van der Waals surface area contributed by atoms with E-state index in [-0.39, 0.29) is 17.2 Å². The fourth-order valence-corrected chi connectivity index (χ4v) is 5.17. The van der Waals surface area contributed by atoms with Crippen molar-refractivity contribution in [2.75, 3.05) is 20.3 Å². The second-order valence-corrected chi connectivity index (χ2v) is 9.36. The summed E-state index contributed by atoms with van der Waals surface area (Å²) in [6.07, 6.45) is 5.13.